The zero-order valence-electron chi connectivity index (χ0n) is 13.9. The molecule has 0 aromatic carbocycles. The van der Waals surface area contributed by atoms with Crippen molar-refractivity contribution in [3.8, 4) is 0 Å². The minimum Gasteiger partial charge on any atom is -0.467 e. The largest absolute Gasteiger partial charge is 0.467 e. The van der Waals surface area contributed by atoms with E-state index in [-0.39, 0.29) is 15.5 Å². The van der Waals surface area contributed by atoms with Gasteiger partial charge in [0.15, 0.2) is 5.11 Å². The lowest BCUT2D eigenvalue weighted by molar-refractivity contribution is -0.142. The van der Waals surface area contributed by atoms with E-state index in [0.29, 0.717) is 0 Å². The molecule has 0 fully saturated rings. The standard InChI is InChI=1S/C14H18F3N3O3S2/c1-8(12(21)23-3)19-13(24)20-25(4,22)9(2)10-5-6-11(18-7-10)14(15,16)17/h5-8H,1-4H3,(H2,19,20,22,24). The summed E-state index contributed by atoms with van der Waals surface area (Å²) in [4.78, 5) is 14.9. The van der Waals surface area contributed by atoms with Gasteiger partial charge in [0.1, 0.15) is 11.7 Å². The Bertz CT molecular complexity index is 770. The molecule has 1 rings (SSSR count). The third kappa shape index (κ3) is 5.85. The quantitative estimate of drug-likeness (QED) is 0.455. The van der Waals surface area contributed by atoms with Crippen LogP contribution in [0.4, 0.5) is 13.2 Å². The number of hydrogen-bond donors (Lipinski definition) is 2. The van der Waals surface area contributed by atoms with Crippen LogP contribution in [0.3, 0.4) is 0 Å². The molecule has 25 heavy (non-hydrogen) atoms. The number of hydrogen-bond acceptors (Lipinski definition) is 5. The number of esters is 1. The first-order valence-corrected chi connectivity index (χ1v) is 9.28. The first-order valence-electron chi connectivity index (χ1n) is 6.91. The fraction of sp³-hybridized carbons (Fsp3) is 0.429. The number of halogens is 3. The number of thiocarbonyl (C=S) groups is 1. The summed E-state index contributed by atoms with van der Waals surface area (Å²) >= 11 is 5.00. The third-order valence-corrected chi connectivity index (χ3v) is 5.58. The molecule has 2 atom stereocenters. The summed E-state index contributed by atoms with van der Waals surface area (Å²) in [5.41, 5.74) is -0.763. The molecule has 0 aliphatic rings. The molecule has 2 unspecified atom stereocenters. The molecule has 1 aromatic rings. The second-order valence-corrected chi connectivity index (χ2v) is 8.06. The van der Waals surface area contributed by atoms with Crippen molar-refractivity contribution in [2.75, 3.05) is 13.4 Å². The monoisotopic (exact) mass is 397 g/mol. The number of pyridine rings is 1. The van der Waals surface area contributed by atoms with Crippen LogP contribution in [-0.4, -0.2) is 44.5 Å². The maximum Gasteiger partial charge on any atom is 0.433 e. The Morgan fingerprint density at radius 2 is 2.00 bits per heavy atom. The number of alkyl halides is 3. The van der Waals surface area contributed by atoms with Crippen LogP contribution in [0, 0.1) is 0 Å². The van der Waals surface area contributed by atoms with Crippen molar-refractivity contribution in [1.82, 2.24) is 15.0 Å². The Morgan fingerprint density at radius 1 is 1.40 bits per heavy atom. The summed E-state index contributed by atoms with van der Waals surface area (Å²) < 4.78 is 57.5. The Morgan fingerprint density at radius 3 is 2.44 bits per heavy atom. The minimum atomic E-state index is -4.55. The summed E-state index contributed by atoms with van der Waals surface area (Å²) in [6.07, 6.45) is -2.21. The first kappa shape index (κ1) is 21.2. The topological polar surface area (TPSA) is 80.3 Å². The Labute approximate surface area is 149 Å². The minimum absolute atomic E-state index is 0.0513. The average molecular weight is 397 g/mol. The molecule has 0 bridgehead atoms. The molecule has 0 saturated heterocycles. The summed E-state index contributed by atoms with van der Waals surface area (Å²) in [5.74, 6) is -0.556. The molecule has 0 radical (unpaired) electrons. The summed E-state index contributed by atoms with van der Waals surface area (Å²) in [6.45, 7) is 3.00. The molecule has 1 aromatic heterocycles. The highest BCUT2D eigenvalue weighted by Gasteiger charge is 2.32. The van der Waals surface area contributed by atoms with Gasteiger partial charge in [-0.1, -0.05) is 6.07 Å². The highest BCUT2D eigenvalue weighted by molar-refractivity contribution is 8.01. The van der Waals surface area contributed by atoms with Gasteiger partial charge in [0.25, 0.3) is 0 Å². The lowest BCUT2D eigenvalue weighted by Crippen LogP contribution is -2.47. The van der Waals surface area contributed by atoms with E-state index in [1.54, 1.807) is 0 Å². The molecule has 1 heterocycles. The van der Waals surface area contributed by atoms with Gasteiger partial charge < -0.3 is 10.1 Å². The fourth-order valence-corrected chi connectivity index (χ4v) is 3.50. The summed E-state index contributed by atoms with van der Waals surface area (Å²) in [6, 6.07) is 1.24. The van der Waals surface area contributed by atoms with Crippen LogP contribution in [-0.2, 0) is 25.4 Å². The molecule has 6 nitrogen and oxygen atoms in total. The zero-order valence-corrected chi connectivity index (χ0v) is 15.6. The lowest BCUT2D eigenvalue weighted by atomic mass is 10.2. The number of nitrogens with one attached hydrogen (secondary N) is 2. The first-order chi connectivity index (χ1) is 11.4. The van der Waals surface area contributed by atoms with Crippen molar-refractivity contribution in [3.05, 3.63) is 29.6 Å². The molecule has 2 N–H and O–H groups in total. The van der Waals surface area contributed by atoms with Gasteiger partial charge in [-0.3, -0.25) is 9.71 Å². The van der Waals surface area contributed by atoms with Gasteiger partial charge in [0.2, 0.25) is 0 Å². The van der Waals surface area contributed by atoms with E-state index in [1.807, 2.05) is 0 Å². The van der Waals surface area contributed by atoms with E-state index in [2.05, 4.69) is 19.8 Å². The highest BCUT2D eigenvalue weighted by atomic mass is 32.2. The van der Waals surface area contributed by atoms with Gasteiger partial charge in [-0.2, -0.15) is 13.2 Å². The molecule has 11 heteroatoms. The number of nitrogens with zero attached hydrogens (tertiary/aromatic N) is 1. The van der Waals surface area contributed by atoms with Gasteiger partial charge >= 0.3 is 12.1 Å². The predicted molar refractivity (Wildman–Crippen MR) is 93.4 cm³/mol. The summed E-state index contributed by atoms with van der Waals surface area (Å²) in [7, 11) is -1.68. The molecular formula is C14H18F3N3O3S2. The number of methoxy groups -OCH3 is 1. The van der Waals surface area contributed by atoms with E-state index >= 15 is 0 Å². The van der Waals surface area contributed by atoms with E-state index in [0.717, 1.165) is 12.3 Å². The van der Waals surface area contributed by atoms with Crippen molar-refractivity contribution >= 4 is 37.9 Å². The van der Waals surface area contributed by atoms with Crippen molar-refractivity contribution in [3.63, 3.8) is 0 Å². The zero-order chi connectivity index (χ0) is 19.4. The van der Waals surface area contributed by atoms with Crippen LogP contribution in [0.15, 0.2) is 18.3 Å². The third-order valence-electron chi connectivity index (χ3n) is 3.23. The highest BCUT2D eigenvalue weighted by Crippen LogP contribution is 2.27. The van der Waals surface area contributed by atoms with Crippen LogP contribution >= 0.6 is 12.2 Å². The van der Waals surface area contributed by atoms with Crippen molar-refractivity contribution < 1.29 is 26.9 Å². The van der Waals surface area contributed by atoms with Gasteiger partial charge in [0.05, 0.1) is 16.8 Å². The predicted octanol–water partition coefficient (Wildman–Crippen LogP) is 1.50. The lowest BCUT2D eigenvalue weighted by Gasteiger charge is -2.18. The molecule has 0 spiro atoms. The van der Waals surface area contributed by atoms with Gasteiger partial charge in [0, 0.05) is 22.9 Å². The Kier molecular flexibility index (Phi) is 6.77. The van der Waals surface area contributed by atoms with Gasteiger partial charge in [-0.05, 0) is 32.1 Å². The van der Waals surface area contributed by atoms with E-state index in [9.17, 15) is 22.2 Å². The number of rotatable bonds is 4. The molecule has 140 valence electrons. The van der Waals surface area contributed by atoms with Crippen LogP contribution in [0.25, 0.3) is 0 Å². The maximum absolute atomic E-state index is 12.8. The number of carbonyl (C=O) groups excluding carboxylic acids is 1. The van der Waals surface area contributed by atoms with E-state index < -0.39 is 33.6 Å². The van der Waals surface area contributed by atoms with Crippen molar-refractivity contribution in [1.29, 1.82) is 0 Å². The second-order valence-electron chi connectivity index (χ2n) is 5.15. The van der Waals surface area contributed by atoms with Crippen molar-refractivity contribution in [2.24, 2.45) is 0 Å². The van der Waals surface area contributed by atoms with Gasteiger partial charge in [-0.25, -0.2) is 9.00 Å². The second kappa shape index (κ2) is 8.00. The number of carbonyl (C=O) groups is 1. The fourth-order valence-electron chi connectivity index (χ4n) is 1.71. The normalized spacial score (nSPS) is 14.8. The van der Waals surface area contributed by atoms with Crippen LogP contribution < -0.4 is 10.0 Å². The SMILES string of the molecule is COC(=O)C(C)NC(=S)NS(C)(=O)=C(C)c1ccc(C(F)(F)F)nc1. The average Bonchev–Trinajstić information content (AvgIpc) is 2.51. The molecule has 0 amide bonds. The molecule has 0 aliphatic heterocycles. The van der Waals surface area contributed by atoms with Gasteiger partial charge in [-0.15, -0.1) is 0 Å². The molecule has 0 aliphatic carbocycles. The van der Waals surface area contributed by atoms with E-state index in [1.165, 1.54) is 33.3 Å². The number of ether oxygens (including phenoxy) is 1. The van der Waals surface area contributed by atoms with Crippen LogP contribution in [0.2, 0.25) is 0 Å². The van der Waals surface area contributed by atoms with Crippen LogP contribution in [0.5, 0.6) is 0 Å². The smallest absolute Gasteiger partial charge is 0.433 e. The molecular weight excluding hydrogens is 379 g/mol. The maximum atomic E-state index is 12.8. The van der Waals surface area contributed by atoms with Crippen molar-refractivity contribution in [2.45, 2.75) is 26.1 Å². The van der Waals surface area contributed by atoms with Crippen LogP contribution in [0.1, 0.15) is 25.1 Å². The molecule has 0 saturated carbocycles. The number of aromatic nitrogens is 1. The Balaban J connectivity index is 2.99. The van der Waals surface area contributed by atoms with E-state index in [4.69, 9.17) is 12.2 Å². The Hall–Kier alpha value is -1.88. The summed E-state index contributed by atoms with van der Waals surface area (Å²) in [5, 5.41) is 2.56.